The van der Waals surface area contributed by atoms with Crippen LogP contribution < -0.4 is 0 Å². The first kappa shape index (κ1) is 51.8. The largest absolute Gasteiger partial charge is 0.477 e. The summed E-state index contributed by atoms with van der Waals surface area (Å²) in [5.41, 5.74) is 0. The van der Waals surface area contributed by atoms with Crippen LogP contribution in [0, 0.1) is 0 Å². The molecule has 0 bridgehead atoms. The fourth-order valence-corrected chi connectivity index (χ4v) is 5.93. The maximum Gasteiger partial charge on any atom is 0.361 e. The first-order valence-electron chi connectivity index (χ1n) is 22.0. The predicted molar refractivity (Wildman–Crippen MR) is 221 cm³/mol. The Balaban J connectivity index is 4.43. The van der Waals surface area contributed by atoms with Gasteiger partial charge in [-0.1, -0.05) is 141 Å². The molecule has 0 saturated heterocycles. The predicted octanol–water partition coefficient (Wildman–Crippen LogP) is 11.3. The normalized spacial score (nSPS) is 13.1. The van der Waals surface area contributed by atoms with E-state index < -0.39 is 24.3 Å². The van der Waals surface area contributed by atoms with Crippen LogP contribution in [0.15, 0.2) is 24.3 Å². The van der Waals surface area contributed by atoms with Gasteiger partial charge < -0.3 is 28.5 Å². The number of carbonyl (C=O) groups excluding carboxylic acids is 2. The molecule has 2 unspecified atom stereocenters. The molecule has 0 aliphatic carbocycles. The molecule has 0 aliphatic rings. The van der Waals surface area contributed by atoms with E-state index in [1.165, 1.54) is 83.5 Å². The van der Waals surface area contributed by atoms with E-state index in [4.69, 9.17) is 18.9 Å². The minimum Gasteiger partial charge on any atom is -0.477 e. The maximum absolute atomic E-state index is 12.7. The number of ether oxygens (including phenoxy) is 4. The highest BCUT2D eigenvalue weighted by atomic mass is 16.7. The smallest absolute Gasteiger partial charge is 0.361 e. The van der Waals surface area contributed by atoms with Crippen molar-refractivity contribution < 1.29 is 42.9 Å². The Kier molecular flexibility index (Phi) is 36.1. The first-order chi connectivity index (χ1) is 26.1. The van der Waals surface area contributed by atoms with Crippen molar-refractivity contribution in [3.63, 3.8) is 0 Å². The van der Waals surface area contributed by atoms with E-state index in [2.05, 4.69) is 38.2 Å². The van der Waals surface area contributed by atoms with E-state index in [-0.39, 0.29) is 32.2 Å². The van der Waals surface area contributed by atoms with Gasteiger partial charge >= 0.3 is 17.9 Å². The summed E-state index contributed by atoms with van der Waals surface area (Å²) >= 11 is 0. The molecule has 2 atom stereocenters. The molecule has 1 N–H and O–H groups in total. The number of hydrogen-bond donors (Lipinski definition) is 1. The second kappa shape index (κ2) is 37.7. The Morgan fingerprint density at radius 2 is 0.963 bits per heavy atom. The molecule has 9 heteroatoms. The molecule has 0 saturated carbocycles. The van der Waals surface area contributed by atoms with Gasteiger partial charge in [0.2, 0.25) is 0 Å². The summed E-state index contributed by atoms with van der Waals surface area (Å²) < 4.78 is 22.7. The third kappa shape index (κ3) is 38.1. The molecule has 0 rings (SSSR count). The number of likely N-dealkylation sites (N-methyl/N-ethyl adjacent to an activating group) is 1. The minimum atomic E-state index is -1.51. The summed E-state index contributed by atoms with van der Waals surface area (Å²) in [6, 6.07) is 0. The Bertz CT molecular complexity index is 944. The van der Waals surface area contributed by atoms with Crippen LogP contribution in [-0.4, -0.2) is 87.4 Å². The van der Waals surface area contributed by atoms with Gasteiger partial charge in [0.25, 0.3) is 6.29 Å². The number of nitrogens with zero attached hydrogens (tertiary/aromatic N) is 1. The molecule has 0 amide bonds. The van der Waals surface area contributed by atoms with Crippen molar-refractivity contribution in [2.45, 2.75) is 200 Å². The standard InChI is InChI=1S/C45H83NO8/c1-6-8-10-12-14-16-18-19-20-21-22-23-24-26-28-30-32-34-36-43(48)54-41(40-53-45(44(49)50)51-38-37-46(3,4)5)39-52-42(47)35-33-31-29-27-25-17-15-13-11-9-7-2/h13,15,20-21,41,45H,6-12,14,16-19,22-40H2,1-5H3/p+1/b15-13-,21-20-. The summed E-state index contributed by atoms with van der Waals surface area (Å²) in [6.07, 6.45) is 36.6. The van der Waals surface area contributed by atoms with Gasteiger partial charge in [-0.2, -0.15) is 0 Å². The molecule has 54 heavy (non-hydrogen) atoms. The lowest BCUT2D eigenvalue weighted by atomic mass is 10.1. The second-order valence-electron chi connectivity index (χ2n) is 16.0. The third-order valence-corrected chi connectivity index (χ3v) is 9.43. The molecule has 0 aliphatic heterocycles. The highest BCUT2D eigenvalue weighted by Gasteiger charge is 2.25. The molecule has 9 nitrogen and oxygen atoms in total. The number of quaternary nitrogens is 1. The molecule has 316 valence electrons. The molecular weight excluding hydrogens is 682 g/mol. The van der Waals surface area contributed by atoms with Gasteiger partial charge in [-0.05, 0) is 57.8 Å². The average Bonchev–Trinajstić information content (AvgIpc) is 3.12. The quantitative estimate of drug-likeness (QED) is 0.0216. The number of hydrogen-bond acceptors (Lipinski definition) is 7. The number of esters is 2. The van der Waals surface area contributed by atoms with Crippen LogP contribution in [0.3, 0.4) is 0 Å². The van der Waals surface area contributed by atoms with Gasteiger partial charge in [0.05, 0.1) is 34.4 Å². The third-order valence-electron chi connectivity index (χ3n) is 9.43. The highest BCUT2D eigenvalue weighted by molar-refractivity contribution is 5.71. The lowest BCUT2D eigenvalue weighted by Crippen LogP contribution is -2.40. The number of allylic oxidation sites excluding steroid dienone is 4. The van der Waals surface area contributed by atoms with E-state index >= 15 is 0 Å². The van der Waals surface area contributed by atoms with Crippen molar-refractivity contribution in [1.29, 1.82) is 0 Å². The van der Waals surface area contributed by atoms with E-state index in [0.717, 1.165) is 70.6 Å². The van der Waals surface area contributed by atoms with Gasteiger partial charge in [-0.3, -0.25) is 9.59 Å². The fraction of sp³-hybridized carbons (Fsp3) is 0.844. The van der Waals surface area contributed by atoms with Gasteiger partial charge in [0, 0.05) is 12.8 Å². The Morgan fingerprint density at radius 1 is 0.537 bits per heavy atom. The summed E-state index contributed by atoms with van der Waals surface area (Å²) in [6.45, 7) is 4.81. The van der Waals surface area contributed by atoms with Crippen LogP contribution in [0.5, 0.6) is 0 Å². The minimum absolute atomic E-state index is 0.186. The molecule has 0 radical (unpaired) electrons. The van der Waals surface area contributed by atoms with Crippen LogP contribution in [-0.2, 0) is 33.3 Å². The number of carboxylic acid groups (broad SMARTS) is 1. The zero-order valence-corrected chi connectivity index (χ0v) is 35.6. The Hall–Kier alpha value is -2.23. The van der Waals surface area contributed by atoms with Crippen LogP contribution in [0.2, 0.25) is 0 Å². The average molecular weight is 767 g/mol. The van der Waals surface area contributed by atoms with Crippen molar-refractivity contribution >= 4 is 17.9 Å². The maximum atomic E-state index is 12.7. The summed E-state index contributed by atoms with van der Waals surface area (Å²) in [7, 11) is 5.95. The number of rotatable bonds is 40. The van der Waals surface area contributed by atoms with Crippen molar-refractivity contribution in [2.24, 2.45) is 0 Å². The van der Waals surface area contributed by atoms with Crippen LogP contribution in [0.1, 0.15) is 187 Å². The molecular formula is C45H84NO8+. The molecule has 0 aromatic heterocycles. The molecule has 0 heterocycles. The molecule has 0 aromatic carbocycles. The topological polar surface area (TPSA) is 108 Å². The van der Waals surface area contributed by atoms with Crippen LogP contribution >= 0.6 is 0 Å². The van der Waals surface area contributed by atoms with Gasteiger partial charge in [-0.15, -0.1) is 0 Å². The summed E-state index contributed by atoms with van der Waals surface area (Å²) in [4.78, 5) is 37.0. The molecule has 0 spiro atoms. The van der Waals surface area contributed by atoms with Gasteiger partial charge in [0.15, 0.2) is 6.10 Å². The number of carbonyl (C=O) groups is 3. The van der Waals surface area contributed by atoms with E-state index in [1.54, 1.807) is 0 Å². The molecule has 0 fully saturated rings. The van der Waals surface area contributed by atoms with Crippen molar-refractivity contribution in [3.8, 4) is 0 Å². The lowest BCUT2D eigenvalue weighted by molar-refractivity contribution is -0.870. The molecule has 0 aromatic rings. The van der Waals surface area contributed by atoms with Crippen molar-refractivity contribution in [1.82, 2.24) is 0 Å². The SMILES string of the molecule is CCCC/C=C\CCCCCCCC(=O)OCC(COC(OCC[N+](C)(C)C)C(=O)O)OC(=O)CCCCCCCCC/C=C\CCCCCCCCC. The van der Waals surface area contributed by atoms with E-state index in [0.29, 0.717) is 23.9 Å². The fourth-order valence-electron chi connectivity index (χ4n) is 5.93. The second-order valence-corrected chi connectivity index (χ2v) is 16.0. The zero-order chi connectivity index (χ0) is 40.0. The zero-order valence-electron chi connectivity index (χ0n) is 35.6. The lowest BCUT2D eigenvalue weighted by Gasteiger charge is -2.25. The van der Waals surface area contributed by atoms with Crippen LogP contribution in [0.25, 0.3) is 0 Å². The Morgan fingerprint density at radius 3 is 1.43 bits per heavy atom. The van der Waals surface area contributed by atoms with E-state index in [9.17, 15) is 19.5 Å². The number of carboxylic acids is 1. The summed E-state index contributed by atoms with van der Waals surface area (Å²) in [5.74, 6) is -2.02. The van der Waals surface area contributed by atoms with Gasteiger partial charge in [0.1, 0.15) is 13.2 Å². The van der Waals surface area contributed by atoms with Crippen molar-refractivity contribution in [2.75, 3.05) is 47.5 Å². The summed E-state index contributed by atoms with van der Waals surface area (Å²) in [5, 5.41) is 9.61. The van der Waals surface area contributed by atoms with Crippen molar-refractivity contribution in [3.05, 3.63) is 24.3 Å². The van der Waals surface area contributed by atoms with E-state index in [1.807, 2.05) is 21.1 Å². The first-order valence-corrected chi connectivity index (χ1v) is 22.0. The highest BCUT2D eigenvalue weighted by Crippen LogP contribution is 2.14. The van der Waals surface area contributed by atoms with Gasteiger partial charge in [-0.25, -0.2) is 4.79 Å². The number of unbranched alkanes of at least 4 members (excludes halogenated alkanes) is 21. The Labute approximate surface area is 331 Å². The van der Waals surface area contributed by atoms with Crippen LogP contribution in [0.4, 0.5) is 0 Å². The number of aliphatic carboxylic acids is 1. The monoisotopic (exact) mass is 767 g/mol.